The number of hydrogen-bond acceptors (Lipinski definition) is 5. The average Bonchev–Trinajstić information content (AvgIpc) is 2.96. The fourth-order valence-electron chi connectivity index (χ4n) is 5.46. The molecule has 5 atom stereocenters. The number of ether oxygens (including phenoxy) is 2. The van der Waals surface area contributed by atoms with Crippen LogP contribution in [0.1, 0.15) is 17.5 Å². The molecular formula is C20H21NO4. The van der Waals surface area contributed by atoms with Gasteiger partial charge in [-0.2, -0.15) is 0 Å². The lowest BCUT2D eigenvalue weighted by Gasteiger charge is -2.56. The molecule has 5 rings (SSSR count). The second kappa shape index (κ2) is 4.96. The van der Waals surface area contributed by atoms with E-state index in [2.05, 4.69) is 24.6 Å². The van der Waals surface area contributed by atoms with E-state index in [9.17, 15) is 9.90 Å². The van der Waals surface area contributed by atoms with E-state index in [1.54, 1.807) is 6.07 Å². The van der Waals surface area contributed by atoms with Crippen LogP contribution in [0.2, 0.25) is 0 Å². The normalized spacial score (nSPS) is 37.2. The van der Waals surface area contributed by atoms with Gasteiger partial charge in [0.1, 0.15) is 12.2 Å². The van der Waals surface area contributed by atoms with Crippen molar-refractivity contribution in [2.75, 3.05) is 13.6 Å². The van der Waals surface area contributed by atoms with Gasteiger partial charge >= 0.3 is 5.97 Å². The number of hydrogen-bond donors (Lipinski definition) is 1. The first-order valence-electron chi connectivity index (χ1n) is 8.80. The van der Waals surface area contributed by atoms with Crippen LogP contribution in [-0.2, 0) is 16.6 Å². The lowest BCUT2D eigenvalue weighted by Crippen LogP contribution is -2.64. The molecule has 2 bridgehead atoms. The van der Waals surface area contributed by atoms with Gasteiger partial charge in [0.05, 0.1) is 0 Å². The van der Waals surface area contributed by atoms with Crippen LogP contribution in [-0.4, -0.2) is 47.8 Å². The SMILES string of the molecule is C=CC(=O)Oc1ccc2c3c1O[C@H]1[C@@H](O)C=C[C@H]4[C@@H](C2)N(C)CC[C@@]341. The molecule has 0 aromatic heterocycles. The molecule has 1 saturated heterocycles. The van der Waals surface area contributed by atoms with Crippen LogP contribution < -0.4 is 9.47 Å². The van der Waals surface area contributed by atoms with Crippen LogP contribution in [0.4, 0.5) is 0 Å². The van der Waals surface area contributed by atoms with Crippen LogP contribution in [0.3, 0.4) is 0 Å². The summed E-state index contributed by atoms with van der Waals surface area (Å²) in [6.07, 6.45) is 6.08. The van der Waals surface area contributed by atoms with Crippen molar-refractivity contribution >= 4 is 5.97 Å². The number of piperidine rings is 1. The van der Waals surface area contributed by atoms with Crippen molar-refractivity contribution in [3.8, 4) is 11.5 Å². The second-order valence-corrected chi connectivity index (χ2v) is 7.53. The Morgan fingerprint density at radius 1 is 1.48 bits per heavy atom. The summed E-state index contributed by atoms with van der Waals surface area (Å²) >= 11 is 0. The van der Waals surface area contributed by atoms with Gasteiger partial charge in [-0.25, -0.2) is 4.79 Å². The van der Waals surface area contributed by atoms with Crippen molar-refractivity contribution in [2.45, 2.75) is 36.5 Å². The Morgan fingerprint density at radius 3 is 3.12 bits per heavy atom. The van der Waals surface area contributed by atoms with Crippen molar-refractivity contribution in [1.29, 1.82) is 0 Å². The molecule has 2 heterocycles. The van der Waals surface area contributed by atoms with E-state index in [-0.39, 0.29) is 11.5 Å². The van der Waals surface area contributed by atoms with Gasteiger partial charge in [-0.15, -0.1) is 0 Å². The zero-order valence-corrected chi connectivity index (χ0v) is 14.1. The van der Waals surface area contributed by atoms with Gasteiger partial charge in [-0.1, -0.05) is 24.8 Å². The summed E-state index contributed by atoms with van der Waals surface area (Å²) in [5, 5.41) is 10.6. The number of rotatable bonds is 2. The van der Waals surface area contributed by atoms with Crippen LogP contribution in [0.25, 0.3) is 0 Å². The number of carbonyl (C=O) groups excluding carboxylic acids is 1. The van der Waals surface area contributed by atoms with Crippen LogP contribution in [0.5, 0.6) is 11.5 Å². The van der Waals surface area contributed by atoms with Gasteiger partial charge in [0.25, 0.3) is 0 Å². The summed E-state index contributed by atoms with van der Waals surface area (Å²) < 4.78 is 11.7. The Balaban J connectivity index is 1.73. The number of likely N-dealkylation sites (N-methyl/N-ethyl adjacent to an activating group) is 1. The highest BCUT2D eigenvalue weighted by molar-refractivity contribution is 5.84. The zero-order chi connectivity index (χ0) is 17.3. The Kier molecular flexibility index (Phi) is 3.01. The van der Waals surface area contributed by atoms with E-state index < -0.39 is 12.1 Å². The first-order valence-corrected chi connectivity index (χ1v) is 8.80. The van der Waals surface area contributed by atoms with E-state index in [0.717, 1.165) is 31.0 Å². The van der Waals surface area contributed by atoms with Crippen molar-refractivity contribution in [3.05, 3.63) is 48.1 Å². The van der Waals surface area contributed by atoms with Crippen molar-refractivity contribution in [3.63, 3.8) is 0 Å². The molecule has 5 heteroatoms. The van der Waals surface area contributed by atoms with E-state index in [4.69, 9.17) is 9.47 Å². The van der Waals surface area contributed by atoms with Gasteiger partial charge in [0.2, 0.25) is 0 Å². The van der Waals surface area contributed by atoms with Gasteiger partial charge in [-0.3, -0.25) is 0 Å². The lowest BCUT2D eigenvalue weighted by atomic mass is 9.53. The van der Waals surface area contributed by atoms with E-state index in [0.29, 0.717) is 23.5 Å². The first-order chi connectivity index (χ1) is 12.1. The molecule has 1 fully saturated rings. The molecule has 0 unspecified atom stereocenters. The largest absolute Gasteiger partial charge is 0.482 e. The molecule has 0 saturated carbocycles. The molecule has 0 amide bonds. The van der Waals surface area contributed by atoms with Gasteiger partial charge in [0, 0.05) is 29.0 Å². The fraction of sp³-hybridized carbons (Fsp3) is 0.450. The summed E-state index contributed by atoms with van der Waals surface area (Å²) in [6, 6.07) is 4.26. The smallest absolute Gasteiger partial charge is 0.335 e. The Labute approximate surface area is 146 Å². The highest BCUT2D eigenvalue weighted by Gasteiger charge is 2.64. The molecule has 130 valence electrons. The highest BCUT2D eigenvalue weighted by Crippen LogP contribution is 2.62. The number of esters is 1. The zero-order valence-electron chi connectivity index (χ0n) is 14.1. The molecule has 1 N–H and O–H groups in total. The highest BCUT2D eigenvalue weighted by atomic mass is 16.6. The van der Waals surface area contributed by atoms with E-state index >= 15 is 0 Å². The lowest BCUT2D eigenvalue weighted by molar-refractivity contribution is -0.129. The fourth-order valence-corrected chi connectivity index (χ4v) is 5.46. The third-order valence-electron chi connectivity index (χ3n) is 6.51. The third-order valence-corrected chi connectivity index (χ3v) is 6.51. The van der Waals surface area contributed by atoms with Gasteiger partial charge < -0.3 is 19.5 Å². The predicted octanol–water partition coefficient (Wildman–Crippen LogP) is 1.58. The maximum absolute atomic E-state index is 11.7. The summed E-state index contributed by atoms with van der Waals surface area (Å²) in [5.74, 6) is 0.863. The molecule has 2 aliphatic carbocycles. The third kappa shape index (κ3) is 1.77. The minimum Gasteiger partial charge on any atom is -0.482 e. The van der Waals surface area contributed by atoms with E-state index in [1.165, 1.54) is 5.56 Å². The summed E-state index contributed by atoms with van der Waals surface area (Å²) in [4.78, 5) is 14.1. The Morgan fingerprint density at radius 2 is 2.32 bits per heavy atom. The first kappa shape index (κ1) is 15.2. The number of aliphatic hydroxyl groups is 1. The number of aliphatic hydroxyl groups excluding tert-OH is 1. The maximum Gasteiger partial charge on any atom is 0.335 e. The van der Waals surface area contributed by atoms with Crippen molar-refractivity contribution < 1.29 is 19.4 Å². The predicted molar refractivity (Wildman–Crippen MR) is 91.7 cm³/mol. The number of likely N-dealkylation sites (tertiary alicyclic amines) is 1. The summed E-state index contributed by atoms with van der Waals surface area (Å²) in [6.45, 7) is 4.43. The second-order valence-electron chi connectivity index (χ2n) is 7.53. The average molecular weight is 339 g/mol. The monoisotopic (exact) mass is 339 g/mol. The molecule has 2 aliphatic heterocycles. The topological polar surface area (TPSA) is 59.0 Å². The summed E-state index contributed by atoms with van der Waals surface area (Å²) in [7, 11) is 2.17. The molecule has 25 heavy (non-hydrogen) atoms. The molecule has 0 radical (unpaired) electrons. The minimum absolute atomic E-state index is 0.231. The molecule has 1 aromatic rings. The minimum atomic E-state index is -0.651. The molecule has 1 aromatic carbocycles. The van der Waals surface area contributed by atoms with Crippen LogP contribution in [0, 0.1) is 5.92 Å². The Bertz CT molecular complexity index is 816. The van der Waals surface area contributed by atoms with Crippen molar-refractivity contribution in [1.82, 2.24) is 4.90 Å². The van der Waals surface area contributed by atoms with E-state index in [1.807, 2.05) is 12.1 Å². The molecule has 5 nitrogen and oxygen atoms in total. The van der Waals surface area contributed by atoms with Gasteiger partial charge in [-0.05, 0) is 38.1 Å². The number of nitrogens with zero attached hydrogens (tertiary/aromatic N) is 1. The standard InChI is InChI=1S/C20H21NO4/c1-3-16(23)24-15-7-4-11-10-13-12-5-6-14(22)19-20(12,8-9-21(13)2)17(11)18(15)25-19/h3-7,12-14,19,22H,1,8-10H2,2H3/t12-,13+,14-,19-,20-/m0/s1. The number of benzene rings is 1. The van der Waals surface area contributed by atoms with Crippen LogP contribution in [0.15, 0.2) is 36.9 Å². The number of carbonyl (C=O) groups is 1. The van der Waals surface area contributed by atoms with Crippen LogP contribution >= 0.6 is 0 Å². The van der Waals surface area contributed by atoms with Gasteiger partial charge in [0.15, 0.2) is 11.5 Å². The molecular weight excluding hydrogens is 318 g/mol. The maximum atomic E-state index is 11.7. The summed E-state index contributed by atoms with van der Waals surface area (Å²) in [5.41, 5.74) is 2.15. The van der Waals surface area contributed by atoms with Crippen molar-refractivity contribution in [2.24, 2.45) is 5.92 Å². The Hall–Kier alpha value is -2.11. The molecule has 4 aliphatic rings. The molecule has 1 spiro atoms. The quantitative estimate of drug-likeness (QED) is 0.384.